The van der Waals surface area contributed by atoms with Crippen molar-refractivity contribution in [3.63, 3.8) is 0 Å². The van der Waals surface area contributed by atoms with Crippen LogP contribution in [0.2, 0.25) is 0 Å². The highest BCUT2D eigenvalue weighted by atomic mass is 79.9. The summed E-state index contributed by atoms with van der Waals surface area (Å²) in [4.78, 5) is 0. The first-order chi connectivity index (χ1) is 9.72. The molecule has 1 saturated carbocycles. The molecule has 108 valence electrons. The number of nitrogens with zero attached hydrogens (tertiary/aromatic N) is 2. The van der Waals surface area contributed by atoms with Gasteiger partial charge in [-0.3, -0.25) is 4.68 Å². The van der Waals surface area contributed by atoms with Crippen LogP contribution in [0.4, 0.5) is 0 Å². The Kier molecular flexibility index (Phi) is 4.27. The minimum Gasteiger partial charge on any atom is -0.452 e. The van der Waals surface area contributed by atoms with Crippen molar-refractivity contribution >= 4 is 15.9 Å². The maximum absolute atomic E-state index is 10.1. The number of rotatable bonds is 4. The minimum atomic E-state index is -0.643. The van der Waals surface area contributed by atoms with Crippen LogP contribution in [0.5, 0.6) is 0 Å². The second-order valence-electron chi connectivity index (χ2n) is 5.44. The van der Waals surface area contributed by atoms with E-state index in [9.17, 15) is 5.11 Å². The highest BCUT2D eigenvalue weighted by Gasteiger charge is 2.18. The van der Waals surface area contributed by atoms with Gasteiger partial charge < -0.3 is 9.52 Å². The van der Waals surface area contributed by atoms with Crippen LogP contribution in [0.3, 0.4) is 0 Å². The van der Waals surface area contributed by atoms with Crippen LogP contribution in [-0.4, -0.2) is 14.9 Å². The number of aromatic nitrogens is 2. The molecule has 2 heterocycles. The lowest BCUT2D eigenvalue weighted by Gasteiger charge is -2.21. The summed E-state index contributed by atoms with van der Waals surface area (Å²) in [5.41, 5.74) is 0.913. The predicted octanol–water partition coefficient (Wildman–Crippen LogP) is 4.02. The Hall–Kier alpha value is -1.07. The van der Waals surface area contributed by atoms with Crippen LogP contribution < -0.4 is 0 Å². The van der Waals surface area contributed by atoms with E-state index in [0.29, 0.717) is 22.9 Å². The normalized spacial score (nSPS) is 18.3. The number of aliphatic hydroxyl groups excluding tert-OH is 1. The lowest BCUT2D eigenvalue weighted by Crippen LogP contribution is -2.13. The van der Waals surface area contributed by atoms with Crippen molar-refractivity contribution in [2.75, 3.05) is 0 Å². The van der Waals surface area contributed by atoms with Gasteiger partial charge in [0.15, 0.2) is 4.67 Å². The zero-order valence-electron chi connectivity index (χ0n) is 11.3. The zero-order valence-corrected chi connectivity index (χ0v) is 12.9. The Bertz CT molecular complexity index is 558. The molecule has 4 nitrogen and oxygen atoms in total. The molecule has 0 radical (unpaired) electrons. The van der Waals surface area contributed by atoms with Crippen LogP contribution in [-0.2, 0) is 6.42 Å². The maximum Gasteiger partial charge on any atom is 0.169 e. The van der Waals surface area contributed by atoms with E-state index < -0.39 is 6.10 Å². The van der Waals surface area contributed by atoms with Gasteiger partial charge in [-0.2, -0.15) is 5.10 Å². The van der Waals surface area contributed by atoms with Crippen molar-refractivity contribution in [3.8, 4) is 0 Å². The molecular weight excluding hydrogens is 320 g/mol. The van der Waals surface area contributed by atoms with Crippen LogP contribution >= 0.6 is 15.9 Å². The van der Waals surface area contributed by atoms with Crippen molar-refractivity contribution in [2.24, 2.45) is 0 Å². The molecule has 0 bridgehead atoms. The van der Waals surface area contributed by atoms with Gasteiger partial charge in [-0.05, 0) is 47.0 Å². The highest BCUT2D eigenvalue weighted by Crippen LogP contribution is 2.28. The van der Waals surface area contributed by atoms with E-state index in [4.69, 9.17) is 4.42 Å². The molecule has 0 spiro atoms. The fourth-order valence-corrected chi connectivity index (χ4v) is 3.16. The molecule has 1 unspecified atom stereocenters. The minimum absolute atomic E-state index is 0.486. The molecule has 1 atom stereocenters. The number of furan rings is 1. The summed E-state index contributed by atoms with van der Waals surface area (Å²) in [7, 11) is 0. The summed E-state index contributed by atoms with van der Waals surface area (Å²) >= 11 is 3.24. The largest absolute Gasteiger partial charge is 0.452 e. The van der Waals surface area contributed by atoms with E-state index in [1.54, 1.807) is 12.1 Å². The number of aliphatic hydroxyl groups is 1. The van der Waals surface area contributed by atoms with Gasteiger partial charge in [-0.25, -0.2) is 0 Å². The Morgan fingerprint density at radius 1 is 1.30 bits per heavy atom. The molecule has 0 saturated heterocycles. The Labute approximate surface area is 126 Å². The van der Waals surface area contributed by atoms with E-state index in [2.05, 4.69) is 25.7 Å². The third-order valence-corrected chi connectivity index (χ3v) is 4.36. The van der Waals surface area contributed by atoms with Gasteiger partial charge in [-0.1, -0.05) is 19.3 Å². The quantitative estimate of drug-likeness (QED) is 0.915. The average molecular weight is 339 g/mol. The lowest BCUT2D eigenvalue weighted by atomic mass is 9.96. The Morgan fingerprint density at radius 2 is 2.10 bits per heavy atom. The van der Waals surface area contributed by atoms with E-state index in [-0.39, 0.29) is 0 Å². The second kappa shape index (κ2) is 6.14. The average Bonchev–Trinajstić information content (AvgIpc) is 3.09. The molecule has 1 aliphatic carbocycles. The molecule has 1 aliphatic rings. The molecule has 2 aromatic heterocycles. The molecule has 2 aromatic rings. The lowest BCUT2D eigenvalue weighted by molar-refractivity contribution is 0.147. The molecule has 0 aromatic carbocycles. The Morgan fingerprint density at radius 3 is 2.80 bits per heavy atom. The summed E-state index contributed by atoms with van der Waals surface area (Å²) < 4.78 is 8.08. The van der Waals surface area contributed by atoms with Gasteiger partial charge >= 0.3 is 0 Å². The van der Waals surface area contributed by atoms with Crippen molar-refractivity contribution < 1.29 is 9.52 Å². The van der Waals surface area contributed by atoms with E-state index in [1.165, 1.54) is 32.1 Å². The molecule has 3 rings (SSSR count). The fraction of sp³-hybridized carbons (Fsp3) is 0.533. The molecule has 5 heteroatoms. The first kappa shape index (κ1) is 13.9. The topological polar surface area (TPSA) is 51.2 Å². The third kappa shape index (κ3) is 3.15. The molecule has 1 fully saturated rings. The summed E-state index contributed by atoms with van der Waals surface area (Å²) in [6.45, 7) is 0. The summed E-state index contributed by atoms with van der Waals surface area (Å²) in [5.74, 6) is 0.573. The number of hydrogen-bond donors (Lipinski definition) is 1. The summed E-state index contributed by atoms with van der Waals surface area (Å²) in [6.07, 6.45) is 8.25. The molecular formula is C15H19BrN2O2. The van der Waals surface area contributed by atoms with E-state index in [1.807, 2.05) is 12.3 Å². The van der Waals surface area contributed by atoms with Crippen LogP contribution in [0.25, 0.3) is 0 Å². The van der Waals surface area contributed by atoms with Crippen LogP contribution in [0.1, 0.15) is 55.7 Å². The monoisotopic (exact) mass is 338 g/mol. The van der Waals surface area contributed by atoms with Gasteiger partial charge in [0, 0.05) is 12.6 Å². The smallest absolute Gasteiger partial charge is 0.169 e. The molecule has 0 aliphatic heterocycles. The van der Waals surface area contributed by atoms with Crippen LogP contribution in [0, 0.1) is 0 Å². The fourth-order valence-electron chi connectivity index (χ4n) is 2.84. The first-order valence-electron chi connectivity index (χ1n) is 7.20. The van der Waals surface area contributed by atoms with Crippen molar-refractivity contribution in [1.82, 2.24) is 9.78 Å². The zero-order chi connectivity index (χ0) is 13.9. The number of hydrogen-bond acceptors (Lipinski definition) is 3. The molecule has 20 heavy (non-hydrogen) atoms. The Balaban J connectivity index is 1.64. The van der Waals surface area contributed by atoms with Gasteiger partial charge in [0.1, 0.15) is 11.9 Å². The predicted molar refractivity (Wildman–Crippen MR) is 79.4 cm³/mol. The summed E-state index contributed by atoms with van der Waals surface area (Å²) in [6, 6.07) is 6.11. The second-order valence-corrected chi connectivity index (χ2v) is 6.22. The van der Waals surface area contributed by atoms with Crippen molar-refractivity contribution in [3.05, 3.63) is 40.5 Å². The van der Waals surface area contributed by atoms with E-state index >= 15 is 0 Å². The maximum atomic E-state index is 10.1. The molecule has 1 N–H and O–H groups in total. The summed E-state index contributed by atoms with van der Waals surface area (Å²) in [5, 5.41) is 14.8. The van der Waals surface area contributed by atoms with Gasteiger partial charge in [0.05, 0.1) is 11.7 Å². The van der Waals surface area contributed by atoms with Gasteiger partial charge in [0.25, 0.3) is 0 Å². The SMILES string of the molecule is OC(Cc1ccn(C2CCCCC2)n1)c1ccc(Br)o1. The highest BCUT2D eigenvalue weighted by molar-refractivity contribution is 9.10. The number of halogens is 1. The van der Waals surface area contributed by atoms with Gasteiger partial charge in [0.2, 0.25) is 0 Å². The first-order valence-corrected chi connectivity index (χ1v) is 7.99. The van der Waals surface area contributed by atoms with Gasteiger partial charge in [-0.15, -0.1) is 0 Å². The third-order valence-electron chi connectivity index (χ3n) is 3.94. The van der Waals surface area contributed by atoms with E-state index in [0.717, 1.165) is 5.69 Å². The van der Waals surface area contributed by atoms with Crippen LogP contribution in [0.15, 0.2) is 33.5 Å². The van der Waals surface area contributed by atoms with Crippen molar-refractivity contribution in [1.29, 1.82) is 0 Å². The standard InChI is InChI=1S/C15H19BrN2O2/c16-15-7-6-14(20-15)13(19)10-11-8-9-18(17-11)12-4-2-1-3-5-12/h6-9,12-13,19H,1-5,10H2. The molecule has 0 amide bonds. The van der Waals surface area contributed by atoms with Crippen molar-refractivity contribution in [2.45, 2.75) is 50.7 Å².